The molecule has 8 heteroatoms. The maximum atomic E-state index is 12.7. The van der Waals surface area contributed by atoms with E-state index in [1.165, 1.54) is 0 Å². The number of likely N-dealkylation sites (tertiary alicyclic amines) is 1. The zero-order valence-corrected chi connectivity index (χ0v) is 18.7. The summed E-state index contributed by atoms with van der Waals surface area (Å²) in [5.41, 5.74) is 2.93. The number of anilines is 1. The number of hydrogen-bond donors (Lipinski definition) is 1. The van der Waals surface area contributed by atoms with Crippen LogP contribution in [0.4, 0.5) is 5.69 Å². The third-order valence-electron chi connectivity index (χ3n) is 5.60. The number of nitrogens with one attached hydrogen (secondary N) is 1. The summed E-state index contributed by atoms with van der Waals surface area (Å²) >= 11 is 5.90. The van der Waals surface area contributed by atoms with Crippen LogP contribution in [0.1, 0.15) is 47.5 Å². The Kier molecular flexibility index (Phi) is 6.85. The zero-order valence-electron chi connectivity index (χ0n) is 17.9. The first-order chi connectivity index (χ1) is 15.5. The van der Waals surface area contributed by atoms with Crippen LogP contribution in [-0.4, -0.2) is 39.9 Å². The van der Waals surface area contributed by atoms with Crippen molar-refractivity contribution in [2.45, 2.75) is 39.0 Å². The summed E-state index contributed by atoms with van der Waals surface area (Å²) in [6.45, 7) is 3.46. The van der Waals surface area contributed by atoms with Crippen LogP contribution in [0.2, 0.25) is 5.02 Å². The summed E-state index contributed by atoms with van der Waals surface area (Å²) in [6.07, 6.45) is 3.47. The molecule has 1 fully saturated rings. The van der Waals surface area contributed by atoms with Crippen molar-refractivity contribution in [1.82, 2.24) is 15.0 Å². The van der Waals surface area contributed by atoms with Crippen LogP contribution in [0.15, 0.2) is 47.0 Å². The number of benzene rings is 2. The Labute approximate surface area is 191 Å². The van der Waals surface area contributed by atoms with Crippen molar-refractivity contribution in [2.24, 2.45) is 0 Å². The largest absolute Gasteiger partial charge is 0.339 e. The smallest absolute Gasteiger partial charge is 0.254 e. The third-order valence-corrected chi connectivity index (χ3v) is 5.85. The summed E-state index contributed by atoms with van der Waals surface area (Å²) in [6, 6.07) is 12.6. The maximum absolute atomic E-state index is 12.7. The normalized spacial score (nSPS) is 13.4. The Morgan fingerprint density at radius 1 is 1.12 bits per heavy atom. The van der Waals surface area contributed by atoms with Gasteiger partial charge in [0.05, 0.1) is 0 Å². The molecule has 2 amide bonds. The van der Waals surface area contributed by atoms with E-state index < -0.39 is 0 Å². The molecule has 4 rings (SSSR count). The minimum absolute atomic E-state index is 0.0315. The van der Waals surface area contributed by atoms with Crippen molar-refractivity contribution >= 4 is 29.1 Å². The van der Waals surface area contributed by atoms with Gasteiger partial charge in [-0.1, -0.05) is 22.8 Å². The molecule has 0 bridgehead atoms. The van der Waals surface area contributed by atoms with Crippen molar-refractivity contribution in [3.8, 4) is 11.4 Å². The molecular formula is C24H25ClN4O3. The molecule has 3 aromatic rings. The maximum Gasteiger partial charge on any atom is 0.254 e. The standard InChI is InChI=1S/C24H25ClN4O3/c1-16-19(24(31)29-14-2-3-15-29)6-4-7-20(16)26-21(30)8-5-9-22-27-23(28-32-22)17-10-12-18(25)13-11-17/h4,6-7,10-13H,2-3,5,8-9,14-15H2,1H3,(H,26,30). The van der Waals surface area contributed by atoms with E-state index in [2.05, 4.69) is 15.5 Å². The van der Waals surface area contributed by atoms with Crippen molar-refractivity contribution < 1.29 is 14.1 Å². The molecule has 7 nitrogen and oxygen atoms in total. The topological polar surface area (TPSA) is 88.3 Å². The highest BCUT2D eigenvalue weighted by Gasteiger charge is 2.22. The van der Waals surface area contributed by atoms with Gasteiger partial charge in [-0.25, -0.2) is 0 Å². The molecule has 0 radical (unpaired) electrons. The van der Waals surface area contributed by atoms with Crippen LogP contribution < -0.4 is 5.32 Å². The lowest BCUT2D eigenvalue weighted by Crippen LogP contribution is -2.28. The van der Waals surface area contributed by atoms with Gasteiger partial charge >= 0.3 is 0 Å². The van der Waals surface area contributed by atoms with Gasteiger partial charge in [0.25, 0.3) is 5.91 Å². The lowest BCUT2D eigenvalue weighted by atomic mass is 10.1. The van der Waals surface area contributed by atoms with Gasteiger partial charge in [-0.2, -0.15) is 4.98 Å². The SMILES string of the molecule is Cc1c(NC(=O)CCCc2nc(-c3ccc(Cl)cc3)no2)cccc1C(=O)N1CCCC1. The minimum Gasteiger partial charge on any atom is -0.339 e. The van der Waals surface area contributed by atoms with Gasteiger partial charge in [-0.15, -0.1) is 0 Å². The highest BCUT2D eigenvalue weighted by molar-refractivity contribution is 6.30. The zero-order chi connectivity index (χ0) is 22.5. The first-order valence-corrected chi connectivity index (χ1v) is 11.2. The molecule has 32 heavy (non-hydrogen) atoms. The van der Waals surface area contributed by atoms with E-state index in [1.54, 1.807) is 12.1 Å². The molecule has 1 aliphatic heterocycles. The number of aromatic nitrogens is 2. The lowest BCUT2D eigenvalue weighted by Gasteiger charge is -2.18. The number of carbonyl (C=O) groups is 2. The Bertz CT molecular complexity index is 1100. The van der Waals surface area contributed by atoms with Crippen LogP contribution in [0.5, 0.6) is 0 Å². The second-order valence-electron chi connectivity index (χ2n) is 7.90. The highest BCUT2D eigenvalue weighted by atomic mass is 35.5. The van der Waals surface area contributed by atoms with E-state index in [-0.39, 0.29) is 11.8 Å². The number of halogens is 1. The molecular weight excluding hydrogens is 428 g/mol. The molecule has 166 valence electrons. The van der Waals surface area contributed by atoms with Crippen LogP contribution in [-0.2, 0) is 11.2 Å². The first kappa shape index (κ1) is 22.0. The molecule has 1 N–H and O–H groups in total. The predicted octanol–water partition coefficient (Wildman–Crippen LogP) is 4.90. The van der Waals surface area contributed by atoms with Gasteiger partial charge in [-0.05, 0) is 68.1 Å². The van der Waals surface area contributed by atoms with Gasteiger partial charge in [0, 0.05) is 47.8 Å². The number of amides is 2. The van der Waals surface area contributed by atoms with E-state index in [1.807, 2.05) is 42.2 Å². The fourth-order valence-electron chi connectivity index (χ4n) is 3.78. The van der Waals surface area contributed by atoms with Crippen molar-refractivity contribution in [3.05, 3.63) is 64.5 Å². The molecule has 0 aliphatic carbocycles. The molecule has 0 unspecified atom stereocenters. The van der Waals surface area contributed by atoms with E-state index >= 15 is 0 Å². The fraction of sp³-hybridized carbons (Fsp3) is 0.333. The fourth-order valence-corrected chi connectivity index (χ4v) is 3.90. The second kappa shape index (κ2) is 9.96. The summed E-state index contributed by atoms with van der Waals surface area (Å²) < 4.78 is 5.29. The Morgan fingerprint density at radius 3 is 2.62 bits per heavy atom. The summed E-state index contributed by atoms with van der Waals surface area (Å²) in [7, 11) is 0. The third kappa shape index (κ3) is 5.16. The Balaban J connectivity index is 1.30. The van der Waals surface area contributed by atoms with E-state index in [9.17, 15) is 9.59 Å². The van der Waals surface area contributed by atoms with Crippen molar-refractivity contribution in [1.29, 1.82) is 0 Å². The first-order valence-electron chi connectivity index (χ1n) is 10.8. The Hall–Kier alpha value is -3.19. The van der Waals surface area contributed by atoms with Gasteiger partial charge in [0.2, 0.25) is 17.6 Å². The van der Waals surface area contributed by atoms with Gasteiger partial charge in [-0.3, -0.25) is 9.59 Å². The van der Waals surface area contributed by atoms with Gasteiger partial charge in [0.1, 0.15) is 0 Å². The monoisotopic (exact) mass is 452 g/mol. The van der Waals surface area contributed by atoms with Crippen LogP contribution >= 0.6 is 11.6 Å². The van der Waals surface area contributed by atoms with E-state index in [0.717, 1.165) is 37.1 Å². The average Bonchev–Trinajstić information content (AvgIpc) is 3.48. The van der Waals surface area contributed by atoms with Crippen molar-refractivity contribution in [2.75, 3.05) is 18.4 Å². The number of carbonyl (C=O) groups excluding carboxylic acids is 2. The number of hydrogen-bond acceptors (Lipinski definition) is 5. The quantitative estimate of drug-likeness (QED) is 0.551. The molecule has 1 aromatic heterocycles. The summed E-state index contributed by atoms with van der Waals surface area (Å²) in [4.78, 5) is 31.5. The number of aryl methyl sites for hydroxylation is 1. The lowest BCUT2D eigenvalue weighted by molar-refractivity contribution is -0.116. The molecule has 0 spiro atoms. The van der Waals surface area contributed by atoms with Crippen molar-refractivity contribution in [3.63, 3.8) is 0 Å². The van der Waals surface area contributed by atoms with E-state index in [0.29, 0.717) is 47.3 Å². The average molecular weight is 453 g/mol. The van der Waals surface area contributed by atoms with E-state index in [4.69, 9.17) is 16.1 Å². The Morgan fingerprint density at radius 2 is 1.88 bits per heavy atom. The van der Waals surface area contributed by atoms with Gasteiger partial charge in [0.15, 0.2) is 0 Å². The number of rotatable bonds is 7. The summed E-state index contributed by atoms with van der Waals surface area (Å²) in [5.74, 6) is 0.897. The highest BCUT2D eigenvalue weighted by Crippen LogP contribution is 2.23. The summed E-state index contributed by atoms with van der Waals surface area (Å²) in [5, 5.41) is 7.56. The molecule has 2 heterocycles. The molecule has 1 aliphatic rings. The van der Waals surface area contributed by atoms with Gasteiger partial charge < -0.3 is 14.7 Å². The van der Waals surface area contributed by atoms with Crippen LogP contribution in [0.25, 0.3) is 11.4 Å². The molecule has 1 saturated heterocycles. The van der Waals surface area contributed by atoms with Crippen LogP contribution in [0.3, 0.4) is 0 Å². The second-order valence-corrected chi connectivity index (χ2v) is 8.33. The predicted molar refractivity (Wildman–Crippen MR) is 123 cm³/mol. The molecule has 0 atom stereocenters. The molecule has 2 aromatic carbocycles. The van der Waals surface area contributed by atoms with Crippen LogP contribution in [0, 0.1) is 6.92 Å². The minimum atomic E-state index is -0.115. The number of nitrogens with zero attached hydrogens (tertiary/aromatic N) is 3. The molecule has 0 saturated carbocycles.